The van der Waals surface area contributed by atoms with E-state index in [1.54, 1.807) is 11.0 Å². The zero-order chi connectivity index (χ0) is 16.9. The summed E-state index contributed by atoms with van der Waals surface area (Å²) in [6.45, 7) is 7.22. The molecule has 24 heavy (non-hydrogen) atoms. The minimum absolute atomic E-state index is 0.113. The fourth-order valence-electron chi connectivity index (χ4n) is 3.50. The summed E-state index contributed by atoms with van der Waals surface area (Å²) in [5.74, 6) is 0.113. The SMILES string of the molecule is CCN(C(=O)Cn1cncn1)[C@@H]1CCN([C@@H](C)c2ccccc2)C1. The van der Waals surface area contributed by atoms with Crippen LogP contribution in [0, 0.1) is 0 Å². The molecule has 1 saturated heterocycles. The Morgan fingerprint density at radius 2 is 2.17 bits per heavy atom. The first-order valence-corrected chi connectivity index (χ1v) is 8.60. The summed E-state index contributed by atoms with van der Waals surface area (Å²) in [6, 6.07) is 11.2. The maximum absolute atomic E-state index is 12.6. The molecule has 1 aromatic carbocycles. The number of carbonyl (C=O) groups excluding carboxylic acids is 1. The number of amides is 1. The lowest BCUT2D eigenvalue weighted by molar-refractivity contribution is -0.134. The number of rotatable bonds is 6. The highest BCUT2D eigenvalue weighted by atomic mass is 16.2. The number of benzene rings is 1. The molecule has 2 atom stereocenters. The third-order valence-electron chi connectivity index (χ3n) is 4.89. The molecule has 0 spiro atoms. The summed E-state index contributed by atoms with van der Waals surface area (Å²) in [7, 11) is 0. The number of likely N-dealkylation sites (N-methyl/N-ethyl adjacent to an activating group) is 1. The Morgan fingerprint density at radius 1 is 1.38 bits per heavy atom. The monoisotopic (exact) mass is 327 g/mol. The van der Waals surface area contributed by atoms with E-state index < -0.39 is 0 Å². The van der Waals surface area contributed by atoms with E-state index in [0.29, 0.717) is 6.04 Å². The number of likely N-dealkylation sites (tertiary alicyclic amines) is 1. The standard InChI is InChI=1S/C18H25N5O/c1-3-23(18(24)12-22-14-19-13-20-22)17-9-10-21(11-17)15(2)16-7-5-4-6-8-16/h4-8,13-15,17H,3,9-12H2,1-2H3/t15-,17+/m0/s1. The van der Waals surface area contributed by atoms with Gasteiger partial charge in [0.25, 0.3) is 0 Å². The molecule has 0 radical (unpaired) electrons. The lowest BCUT2D eigenvalue weighted by Crippen LogP contribution is -2.43. The van der Waals surface area contributed by atoms with Gasteiger partial charge < -0.3 is 4.90 Å². The first-order valence-electron chi connectivity index (χ1n) is 8.60. The Balaban J connectivity index is 1.61. The van der Waals surface area contributed by atoms with Crippen molar-refractivity contribution in [2.45, 2.75) is 38.9 Å². The molecule has 0 unspecified atom stereocenters. The van der Waals surface area contributed by atoms with Crippen LogP contribution < -0.4 is 0 Å². The second kappa shape index (κ2) is 7.57. The largest absolute Gasteiger partial charge is 0.337 e. The summed E-state index contributed by atoms with van der Waals surface area (Å²) in [6.07, 6.45) is 4.07. The van der Waals surface area contributed by atoms with Crippen LogP contribution in [0.15, 0.2) is 43.0 Å². The Kier molecular flexibility index (Phi) is 5.25. The molecule has 1 aromatic heterocycles. The predicted octanol–water partition coefficient (Wildman–Crippen LogP) is 1.96. The predicted molar refractivity (Wildman–Crippen MR) is 92.2 cm³/mol. The van der Waals surface area contributed by atoms with Gasteiger partial charge in [-0.05, 0) is 25.8 Å². The van der Waals surface area contributed by atoms with Crippen LogP contribution in [-0.2, 0) is 11.3 Å². The molecular formula is C18H25N5O. The van der Waals surface area contributed by atoms with E-state index in [-0.39, 0.29) is 18.5 Å². The second-order valence-electron chi connectivity index (χ2n) is 6.30. The van der Waals surface area contributed by atoms with Crippen LogP contribution in [0.2, 0.25) is 0 Å². The van der Waals surface area contributed by atoms with Gasteiger partial charge >= 0.3 is 0 Å². The number of aromatic nitrogens is 3. The third kappa shape index (κ3) is 3.64. The van der Waals surface area contributed by atoms with Gasteiger partial charge in [0.15, 0.2) is 0 Å². The molecule has 2 heterocycles. The minimum atomic E-state index is 0.113. The van der Waals surface area contributed by atoms with Crippen molar-refractivity contribution in [2.75, 3.05) is 19.6 Å². The molecule has 0 saturated carbocycles. The maximum Gasteiger partial charge on any atom is 0.244 e. The molecule has 1 aliphatic rings. The van der Waals surface area contributed by atoms with Gasteiger partial charge in [0.05, 0.1) is 0 Å². The molecular weight excluding hydrogens is 302 g/mol. The summed E-state index contributed by atoms with van der Waals surface area (Å²) in [5.41, 5.74) is 1.33. The molecule has 2 aromatic rings. The first kappa shape index (κ1) is 16.6. The maximum atomic E-state index is 12.6. The molecule has 0 aliphatic carbocycles. The second-order valence-corrected chi connectivity index (χ2v) is 6.30. The average molecular weight is 327 g/mol. The van der Waals surface area contributed by atoms with E-state index in [4.69, 9.17) is 0 Å². The van der Waals surface area contributed by atoms with Crippen LogP contribution in [0.5, 0.6) is 0 Å². The van der Waals surface area contributed by atoms with Gasteiger partial charge in [0.1, 0.15) is 19.2 Å². The van der Waals surface area contributed by atoms with E-state index >= 15 is 0 Å². The fourth-order valence-corrected chi connectivity index (χ4v) is 3.50. The van der Waals surface area contributed by atoms with Crippen molar-refractivity contribution in [1.82, 2.24) is 24.6 Å². The van der Waals surface area contributed by atoms with Crippen molar-refractivity contribution in [3.63, 3.8) is 0 Å². The highest BCUT2D eigenvalue weighted by Gasteiger charge is 2.32. The van der Waals surface area contributed by atoms with Crippen molar-refractivity contribution in [3.8, 4) is 0 Å². The molecule has 0 bridgehead atoms. The lowest BCUT2D eigenvalue weighted by atomic mass is 10.1. The third-order valence-corrected chi connectivity index (χ3v) is 4.89. The normalized spacial score (nSPS) is 19.3. The topological polar surface area (TPSA) is 54.3 Å². The van der Waals surface area contributed by atoms with Crippen molar-refractivity contribution in [3.05, 3.63) is 48.5 Å². The molecule has 1 aliphatic heterocycles. The summed E-state index contributed by atoms with van der Waals surface area (Å²) in [4.78, 5) is 20.9. The van der Waals surface area contributed by atoms with Crippen LogP contribution in [0.4, 0.5) is 0 Å². The number of hydrogen-bond donors (Lipinski definition) is 0. The summed E-state index contributed by atoms with van der Waals surface area (Å²) < 4.78 is 1.59. The van der Waals surface area contributed by atoms with Crippen molar-refractivity contribution in [1.29, 1.82) is 0 Å². The van der Waals surface area contributed by atoms with Crippen LogP contribution in [-0.4, -0.2) is 56.1 Å². The van der Waals surface area contributed by atoms with E-state index in [1.807, 2.05) is 17.9 Å². The highest BCUT2D eigenvalue weighted by molar-refractivity contribution is 5.76. The molecule has 0 N–H and O–H groups in total. The van der Waals surface area contributed by atoms with Gasteiger partial charge in [-0.2, -0.15) is 5.10 Å². The number of carbonyl (C=O) groups is 1. The Hall–Kier alpha value is -2.21. The zero-order valence-electron chi connectivity index (χ0n) is 14.4. The first-order chi connectivity index (χ1) is 11.7. The van der Waals surface area contributed by atoms with Gasteiger partial charge in [-0.25, -0.2) is 9.67 Å². The summed E-state index contributed by atoms with van der Waals surface area (Å²) in [5, 5.41) is 4.03. The van der Waals surface area contributed by atoms with E-state index in [0.717, 1.165) is 26.1 Å². The molecule has 3 rings (SSSR count). The summed E-state index contributed by atoms with van der Waals surface area (Å²) >= 11 is 0. The van der Waals surface area contributed by atoms with Gasteiger partial charge in [0.2, 0.25) is 5.91 Å². The quantitative estimate of drug-likeness (QED) is 0.814. The highest BCUT2D eigenvalue weighted by Crippen LogP contribution is 2.26. The van der Waals surface area contributed by atoms with Crippen LogP contribution in [0.1, 0.15) is 31.9 Å². The Bertz CT molecular complexity index is 643. The molecule has 1 fully saturated rings. The molecule has 6 nitrogen and oxygen atoms in total. The van der Waals surface area contributed by atoms with E-state index in [1.165, 1.54) is 11.9 Å². The molecule has 1 amide bonds. The molecule has 6 heteroatoms. The van der Waals surface area contributed by atoms with Crippen molar-refractivity contribution in [2.24, 2.45) is 0 Å². The Morgan fingerprint density at radius 3 is 2.83 bits per heavy atom. The van der Waals surface area contributed by atoms with Gasteiger partial charge in [-0.1, -0.05) is 30.3 Å². The Labute approximate surface area is 143 Å². The number of nitrogens with zero attached hydrogens (tertiary/aromatic N) is 5. The van der Waals surface area contributed by atoms with Crippen LogP contribution in [0.3, 0.4) is 0 Å². The number of hydrogen-bond acceptors (Lipinski definition) is 4. The van der Waals surface area contributed by atoms with E-state index in [2.05, 4.69) is 46.2 Å². The fraction of sp³-hybridized carbons (Fsp3) is 0.500. The van der Waals surface area contributed by atoms with Gasteiger partial charge in [-0.3, -0.25) is 9.69 Å². The zero-order valence-corrected chi connectivity index (χ0v) is 14.4. The van der Waals surface area contributed by atoms with Crippen LogP contribution in [0.25, 0.3) is 0 Å². The minimum Gasteiger partial charge on any atom is -0.337 e. The van der Waals surface area contributed by atoms with Crippen molar-refractivity contribution < 1.29 is 4.79 Å². The smallest absolute Gasteiger partial charge is 0.244 e. The van der Waals surface area contributed by atoms with E-state index in [9.17, 15) is 4.79 Å². The average Bonchev–Trinajstić information content (AvgIpc) is 3.28. The van der Waals surface area contributed by atoms with Gasteiger partial charge in [-0.15, -0.1) is 0 Å². The van der Waals surface area contributed by atoms with Crippen LogP contribution >= 0.6 is 0 Å². The van der Waals surface area contributed by atoms with Gasteiger partial charge in [0, 0.05) is 31.7 Å². The molecule has 128 valence electrons. The lowest BCUT2D eigenvalue weighted by Gasteiger charge is -2.29. The van der Waals surface area contributed by atoms with Crippen molar-refractivity contribution >= 4 is 5.91 Å².